The number of nitrogens with zero attached hydrogens (tertiary/aromatic N) is 2. The van der Waals surface area contributed by atoms with Crippen LogP contribution in [0.1, 0.15) is 48.5 Å². The molecule has 0 unspecified atom stereocenters. The molecule has 2 atom stereocenters. The first-order chi connectivity index (χ1) is 13.1. The second kappa shape index (κ2) is 6.49. The molecule has 1 saturated carbocycles. The van der Waals surface area contributed by atoms with Crippen LogP contribution in [0, 0.1) is 5.92 Å². The van der Waals surface area contributed by atoms with Crippen LogP contribution in [-0.4, -0.2) is 57.2 Å². The van der Waals surface area contributed by atoms with Crippen molar-refractivity contribution in [2.45, 2.75) is 50.3 Å². The molecule has 2 saturated heterocycles. The molecule has 0 radical (unpaired) electrons. The largest absolute Gasteiger partial charge is 0.393 e. The number of rotatable bonds is 2. The van der Waals surface area contributed by atoms with Crippen molar-refractivity contribution >= 4 is 16.9 Å². The molecule has 1 amide bonds. The smallest absolute Gasteiger partial charge is 0.326 e. The molecule has 144 valence electrons. The van der Waals surface area contributed by atoms with Crippen LogP contribution in [0.25, 0.3) is 11.0 Å². The summed E-state index contributed by atoms with van der Waals surface area (Å²) < 4.78 is 1.81. The summed E-state index contributed by atoms with van der Waals surface area (Å²) in [4.78, 5) is 30.5. The zero-order valence-corrected chi connectivity index (χ0v) is 15.4. The summed E-state index contributed by atoms with van der Waals surface area (Å²) in [7, 11) is 0. The molecule has 1 aromatic heterocycles. The summed E-state index contributed by atoms with van der Waals surface area (Å²) in [6.07, 6.45) is 3.88. The molecule has 3 fully saturated rings. The quantitative estimate of drug-likeness (QED) is 0.742. The van der Waals surface area contributed by atoms with Crippen LogP contribution in [0.5, 0.6) is 0 Å². The number of hydrogen-bond acceptors (Lipinski definition) is 4. The summed E-state index contributed by atoms with van der Waals surface area (Å²) in [5.41, 5.74) is 2.08. The third-order valence-corrected chi connectivity index (χ3v) is 6.70. The van der Waals surface area contributed by atoms with Crippen molar-refractivity contribution in [2.24, 2.45) is 5.92 Å². The van der Waals surface area contributed by atoms with Crippen LogP contribution in [0.15, 0.2) is 23.0 Å². The first kappa shape index (κ1) is 17.0. The predicted octanol–water partition coefficient (Wildman–Crippen LogP) is 1.24. The normalized spacial score (nSPS) is 30.8. The van der Waals surface area contributed by atoms with Gasteiger partial charge in [-0.25, -0.2) is 4.79 Å². The summed E-state index contributed by atoms with van der Waals surface area (Å²) in [6, 6.07) is 5.97. The molecule has 0 bridgehead atoms. The van der Waals surface area contributed by atoms with E-state index in [9.17, 15) is 14.7 Å². The molecule has 3 aliphatic rings. The molecule has 3 heterocycles. The molecule has 1 aromatic carbocycles. The number of carbonyl (C=O) groups is 1. The molecular formula is C20H26N4O3. The first-order valence-corrected chi connectivity index (χ1v) is 10.1. The maximum atomic E-state index is 13.0. The summed E-state index contributed by atoms with van der Waals surface area (Å²) in [5, 5.41) is 13.1. The number of likely N-dealkylation sites (tertiary alicyclic amines) is 1. The fourth-order valence-electron chi connectivity index (χ4n) is 5.21. The van der Waals surface area contributed by atoms with Crippen molar-refractivity contribution in [3.05, 3.63) is 34.2 Å². The highest BCUT2D eigenvalue weighted by molar-refractivity contribution is 5.97. The second-order valence-electron chi connectivity index (χ2n) is 8.27. The lowest BCUT2D eigenvalue weighted by atomic mass is 9.93. The third kappa shape index (κ3) is 2.80. The van der Waals surface area contributed by atoms with E-state index in [1.54, 1.807) is 0 Å². The van der Waals surface area contributed by atoms with Crippen LogP contribution in [0.4, 0.5) is 0 Å². The zero-order chi connectivity index (χ0) is 18.5. The van der Waals surface area contributed by atoms with E-state index in [-0.39, 0.29) is 23.7 Å². The number of benzene rings is 1. The Balaban J connectivity index is 1.44. The van der Waals surface area contributed by atoms with Crippen molar-refractivity contribution < 1.29 is 9.90 Å². The molecule has 27 heavy (non-hydrogen) atoms. The van der Waals surface area contributed by atoms with Crippen LogP contribution in [0.2, 0.25) is 0 Å². The number of aromatic nitrogens is 2. The van der Waals surface area contributed by atoms with Crippen molar-refractivity contribution in [1.29, 1.82) is 0 Å². The molecule has 2 aliphatic heterocycles. The van der Waals surface area contributed by atoms with Gasteiger partial charge in [0.05, 0.1) is 17.1 Å². The molecule has 0 spiro atoms. The molecule has 2 aromatic rings. The van der Waals surface area contributed by atoms with Crippen LogP contribution in [0.3, 0.4) is 0 Å². The van der Waals surface area contributed by atoms with Gasteiger partial charge in [0.1, 0.15) is 0 Å². The fourth-order valence-corrected chi connectivity index (χ4v) is 5.21. The average molecular weight is 370 g/mol. The zero-order valence-electron chi connectivity index (χ0n) is 15.4. The SMILES string of the molecule is O=C(c1ccc2c(c1)[nH]c(=O)n2C1CCC(O)CC1)N1CC[C@H]2CNC[C@H]21. The molecule has 7 heteroatoms. The Morgan fingerprint density at radius 3 is 2.74 bits per heavy atom. The number of aliphatic hydroxyl groups excluding tert-OH is 1. The van der Waals surface area contributed by atoms with Gasteiger partial charge in [-0.05, 0) is 56.2 Å². The summed E-state index contributed by atoms with van der Waals surface area (Å²) in [5.74, 6) is 0.628. The third-order valence-electron chi connectivity index (χ3n) is 6.70. The molecule has 5 rings (SSSR count). The maximum Gasteiger partial charge on any atom is 0.326 e. The number of aliphatic hydroxyl groups is 1. The van der Waals surface area contributed by atoms with E-state index in [2.05, 4.69) is 10.3 Å². The Morgan fingerprint density at radius 2 is 1.93 bits per heavy atom. The van der Waals surface area contributed by atoms with Gasteiger partial charge in [-0.15, -0.1) is 0 Å². The molecule has 7 nitrogen and oxygen atoms in total. The lowest BCUT2D eigenvalue weighted by Gasteiger charge is -2.26. The standard InChI is InChI=1S/C20H26N4O3/c25-15-4-2-14(3-5-15)24-17-6-1-12(9-16(17)22-20(24)27)19(26)23-8-7-13-10-21-11-18(13)23/h1,6,9,13-15,18,21,25H,2-5,7-8,10-11H2,(H,22,27)/t13-,14?,15?,18+/m0/s1. The monoisotopic (exact) mass is 370 g/mol. The minimum absolute atomic E-state index is 0.0579. The second-order valence-corrected chi connectivity index (χ2v) is 8.27. The van der Waals surface area contributed by atoms with Gasteiger partial charge in [0.2, 0.25) is 0 Å². The summed E-state index contributed by atoms with van der Waals surface area (Å²) >= 11 is 0. The van der Waals surface area contributed by atoms with Gasteiger partial charge >= 0.3 is 5.69 Å². The number of imidazole rings is 1. The lowest BCUT2D eigenvalue weighted by molar-refractivity contribution is 0.0737. The van der Waals surface area contributed by atoms with E-state index in [0.717, 1.165) is 62.8 Å². The number of fused-ring (bicyclic) bond motifs is 2. The number of amides is 1. The van der Waals surface area contributed by atoms with E-state index in [0.29, 0.717) is 17.5 Å². The van der Waals surface area contributed by atoms with E-state index in [1.165, 1.54) is 0 Å². The van der Waals surface area contributed by atoms with E-state index >= 15 is 0 Å². The highest BCUT2D eigenvalue weighted by atomic mass is 16.3. The Hall–Kier alpha value is -2.12. The van der Waals surface area contributed by atoms with Gasteiger partial charge in [-0.3, -0.25) is 9.36 Å². The molecule has 1 aliphatic carbocycles. The number of aromatic amines is 1. The maximum absolute atomic E-state index is 13.0. The Morgan fingerprint density at radius 1 is 1.11 bits per heavy atom. The average Bonchev–Trinajstić information content (AvgIpc) is 3.35. The summed E-state index contributed by atoms with van der Waals surface area (Å²) in [6.45, 7) is 2.69. The van der Waals surface area contributed by atoms with Crippen LogP contribution in [-0.2, 0) is 0 Å². The van der Waals surface area contributed by atoms with Crippen molar-refractivity contribution in [1.82, 2.24) is 19.8 Å². The predicted molar refractivity (Wildman–Crippen MR) is 102 cm³/mol. The first-order valence-electron chi connectivity index (χ1n) is 10.1. The topological polar surface area (TPSA) is 90.4 Å². The van der Waals surface area contributed by atoms with Crippen molar-refractivity contribution in [3.63, 3.8) is 0 Å². The van der Waals surface area contributed by atoms with E-state index < -0.39 is 0 Å². The number of carbonyl (C=O) groups excluding carboxylic acids is 1. The van der Waals surface area contributed by atoms with Gasteiger partial charge in [0.25, 0.3) is 5.91 Å². The van der Waals surface area contributed by atoms with Gasteiger partial charge in [0, 0.05) is 37.3 Å². The van der Waals surface area contributed by atoms with Gasteiger partial charge in [0.15, 0.2) is 0 Å². The number of H-pyrrole nitrogens is 1. The van der Waals surface area contributed by atoms with E-state index in [4.69, 9.17) is 0 Å². The molecule has 3 N–H and O–H groups in total. The highest BCUT2D eigenvalue weighted by Gasteiger charge is 2.40. The van der Waals surface area contributed by atoms with Gasteiger partial charge in [-0.2, -0.15) is 0 Å². The van der Waals surface area contributed by atoms with Crippen LogP contribution < -0.4 is 11.0 Å². The number of hydrogen-bond donors (Lipinski definition) is 3. The van der Waals surface area contributed by atoms with Crippen molar-refractivity contribution in [3.8, 4) is 0 Å². The minimum Gasteiger partial charge on any atom is -0.393 e. The van der Waals surface area contributed by atoms with Crippen LogP contribution >= 0.6 is 0 Å². The van der Waals surface area contributed by atoms with Gasteiger partial charge < -0.3 is 20.3 Å². The van der Waals surface area contributed by atoms with Crippen molar-refractivity contribution in [2.75, 3.05) is 19.6 Å². The number of nitrogens with one attached hydrogen (secondary N) is 2. The molecular weight excluding hydrogens is 344 g/mol. The fraction of sp³-hybridized carbons (Fsp3) is 0.600. The Bertz CT molecular complexity index is 925. The Kier molecular flexibility index (Phi) is 4.09. The minimum atomic E-state index is -0.249. The highest BCUT2D eigenvalue weighted by Crippen LogP contribution is 2.31. The lowest BCUT2D eigenvalue weighted by Crippen LogP contribution is -2.39. The van der Waals surface area contributed by atoms with Gasteiger partial charge in [-0.1, -0.05) is 0 Å². The van der Waals surface area contributed by atoms with E-state index in [1.807, 2.05) is 27.7 Å². The Labute approximate surface area is 157 Å².